The van der Waals surface area contributed by atoms with E-state index >= 15 is 0 Å². The second-order valence-corrected chi connectivity index (χ2v) is 7.03. The number of rotatable bonds is 6. The van der Waals surface area contributed by atoms with Crippen LogP contribution in [-0.2, 0) is 10.0 Å². The first-order valence-electron chi connectivity index (χ1n) is 6.38. The van der Waals surface area contributed by atoms with E-state index in [-0.39, 0.29) is 15.9 Å². The summed E-state index contributed by atoms with van der Waals surface area (Å²) >= 11 is 0.992. The molecule has 2 rings (SSSR count). The molecule has 0 saturated heterocycles. The molecule has 2 aromatic rings. The summed E-state index contributed by atoms with van der Waals surface area (Å²) in [5.74, 6) is -0.306. The lowest BCUT2D eigenvalue weighted by atomic mass is 10.4. The van der Waals surface area contributed by atoms with E-state index in [0.717, 1.165) is 11.3 Å². The van der Waals surface area contributed by atoms with E-state index in [4.69, 9.17) is 0 Å². The van der Waals surface area contributed by atoms with Crippen LogP contribution in [0.2, 0.25) is 0 Å². The summed E-state index contributed by atoms with van der Waals surface area (Å²) < 4.78 is 26.8. The first-order valence-corrected chi connectivity index (χ1v) is 8.68. The summed E-state index contributed by atoms with van der Waals surface area (Å²) in [6, 6.07) is 7.97. The van der Waals surface area contributed by atoms with Crippen LogP contribution in [-0.4, -0.2) is 25.9 Å². The molecule has 0 atom stereocenters. The van der Waals surface area contributed by atoms with Gasteiger partial charge in [-0.05, 0) is 19.1 Å². The molecule has 2 N–H and O–H groups in total. The number of hydrogen-bond acceptors (Lipinski definition) is 5. The molecule has 0 unspecified atom stereocenters. The molecule has 1 heterocycles. The van der Waals surface area contributed by atoms with Gasteiger partial charge in [0, 0.05) is 6.54 Å². The lowest BCUT2D eigenvalue weighted by molar-refractivity contribution is 0.0961. The van der Waals surface area contributed by atoms with Crippen LogP contribution in [0, 0.1) is 6.92 Å². The SMILES string of the molecule is C=CCNC(=O)c1sc(NS(=O)(=O)c2ccccc2)nc1C. The van der Waals surface area contributed by atoms with Gasteiger partial charge < -0.3 is 5.32 Å². The highest BCUT2D eigenvalue weighted by molar-refractivity contribution is 7.93. The number of thiazole rings is 1. The first kappa shape index (κ1) is 16.2. The molecule has 0 saturated carbocycles. The number of nitrogens with zero attached hydrogens (tertiary/aromatic N) is 1. The summed E-state index contributed by atoms with van der Waals surface area (Å²) in [5.41, 5.74) is 0.470. The third-order valence-electron chi connectivity index (χ3n) is 2.68. The van der Waals surface area contributed by atoms with Crippen LogP contribution < -0.4 is 10.0 Å². The largest absolute Gasteiger partial charge is 0.348 e. The fourth-order valence-electron chi connectivity index (χ4n) is 1.67. The maximum Gasteiger partial charge on any atom is 0.263 e. The zero-order valence-corrected chi connectivity index (χ0v) is 13.5. The summed E-state index contributed by atoms with van der Waals surface area (Å²) in [6.45, 7) is 5.50. The molecule has 1 amide bonds. The number of aryl methyl sites for hydroxylation is 1. The maximum absolute atomic E-state index is 12.2. The molecule has 0 aliphatic heterocycles. The number of amides is 1. The molecule has 0 aliphatic carbocycles. The smallest absolute Gasteiger partial charge is 0.263 e. The van der Waals surface area contributed by atoms with E-state index < -0.39 is 10.0 Å². The van der Waals surface area contributed by atoms with Gasteiger partial charge in [0.15, 0.2) is 5.13 Å². The van der Waals surface area contributed by atoms with E-state index in [0.29, 0.717) is 17.1 Å². The molecule has 0 spiro atoms. The number of benzene rings is 1. The number of carbonyl (C=O) groups is 1. The normalized spacial score (nSPS) is 11.0. The Balaban J connectivity index is 2.21. The van der Waals surface area contributed by atoms with Gasteiger partial charge in [0.25, 0.3) is 15.9 Å². The van der Waals surface area contributed by atoms with Crippen LogP contribution in [0.5, 0.6) is 0 Å². The molecule has 8 heteroatoms. The van der Waals surface area contributed by atoms with Crippen LogP contribution in [0.15, 0.2) is 47.9 Å². The molecule has 0 bridgehead atoms. The van der Waals surface area contributed by atoms with Crippen molar-refractivity contribution < 1.29 is 13.2 Å². The van der Waals surface area contributed by atoms with E-state index in [1.807, 2.05) is 0 Å². The molecular weight excluding hydrogens is 322 g/mol. The summed E-state index contributed by atoms with van der Waals surface area (Å²) in [6.07, 6.45) is 1.56. The topological polar surface area (TPSA) is 88.2 Å². The average Bonchev–Trinajstić information content (AvgIpc) is 2.85. The third-order valence-corrected chi connectivity index (χ3v) is 5.24. The van der Waals surface area contributed by atoms with Gasteiger partial charge in [-0.25, -0.2) is 13.4 Å². The van der Waals surface area contributed by atoms with E-state index in [2.05, 4.69) is 21.6 Å². The molecular formula is C14H15N3O3S2. The van der Waals surface area contributed by atoms with Crippen molar-refractivity contribution in [2.45, 2.75) is 11.8 Å². The number of aromatic nitrogens is 1. The minimum atomic E-state index is -3.71. The van der Waals surface area contributed by atoms with Gasteiger partial charge in [0.05, 0.1) is 10.6 Å². The van der Waals surface area contributed by atoms with Crippen molar-refractivity contribution in [3.8, 4) is 0 Å². The molecule has 1 aromatic carbocycles. The van der Waals surface area contributed by atoms with Crippen molar-refractivity contribution in [1.82, 2.24) is 10.3 Å². The lowest BCUT2D eigenvalue weighted by Crippen LogP contribution is -2.22. The van der Waals surface area contributed by atoms with Crippen LogP contribution in [0.1, 0.15) is 15.4 Å². The minimum Gasteiger partial charge on any atom is -0.348 e. The van der Waals surface area contributed by atoms with Gasteiger partial charge in [-0.15, -0.1) is 6.58 Å². The fraction of sp³-hybridized carbons (Fsp3) is 0.143. The fourth-order valence-corrected chi connectivity index (χ4v) is 3.81. The zero-order valence-electron chi connectivity index (χ0n) is 11.9. The number of carbonyl (C=O) groups excluding carboxylic acids is 1. The van der Waals surface area contributed by atoms with E-state index in [1.165, 1.54) is 12.1 Å². The van der Waals surface area contributed by atoms with Crippen LogP contribution in [0.3, 0.4) is 0 Å². The summed E-state index contributed by atoms with van der Waals surface area (Å²) in [4.78, 5) is 16.5. The molecule has 116 valence electrons. The Hall–Kier alpha value is -2.19. The van der Waals surface area contributed by atoms with Gasteiger partial charge in [-0.1, -0.05) is 35.6 Å². The lowest BCUT2D eigenvalue weighted by Gasteiger charge is -2.04. The molecule has 0 aliphatic rings. The minimum absolute atomic E-state index is 0.139. The quantitative estimate of drug-likeness (QED) is 0.791. The Bertz CT molecular complexity index is 783. The monoisotopic (exact) mass is 337 g/mol. The van der Waals surface area contributed by atoms with Gasteiger partial charge >= 0.3 is 0 Å². The van der Waals surface area contributed by atoms with Crippen molar-refractivity contribution in [3.63, 3.8) is 0 Å². The van der Waals surface area contributed by atoms with Crippen molar-refractivity contribution in [1.29, 1.82) is 0 Å². The van der Waals surface area contributed by atoms with Crippen molar-refractivity contribution >= 4 is 32.4 Å². The third kappa shape index (κ3) is 3.71. The van der Waals surface area contributed by atoms with E-state index in [1.54, 1.807) is 31.2 Å². The highest BCUT2D eigenvalue weighted by atomic mass is 32.2. The molecule has 22 heavy (non-hydrogen) atoms. The maximum atomic E-state index is 12.2. The van der Waals surface area contributed by atoms with E-state index in [9.17, 15) is 13.2 Å². The Morgan fingerprint density at radius 2 is 2.05 bits per heavy atom. The van der Waals surface area contributed by atoms with Crippen molar-refractivity contribution in [3.05, 3.63) is 53.6 Å². The Labute approximate surface area is 133 Å². The second kappa shape index (κ2) is 6.71. The van der Waals surface area contributed by atoms with Gasteiger partial charge in [-0.3, -0.25) is 9.52 Å². The number of nitrogens with one attached hydrogen (secondary N) is 2. The summed E-state index contributed by atoms with van der Waals surface area (Å²) in [7, 11) is -3.71. The van der Waals surface area contributed by atoms with Crippen LogP contribution >= 0.6 is 11.3 Å². The Kier molecular flexibility index (Phi) is 4.94. The first-order chi connectivity index (χ1) is 10.4. The van der Waals surface area contributed by atoms with Gasteiger partial charge in [-0.2, -0.15) is 0 Å². The number of anilines is 1. The second-order valence-electron chi connectivity index (χ2n) is 4.35. The highest BCUT2D eigenvalue weighted by Gasteiger charge is 2.19. The average molecular weight is 337 g/mol. The molecule has 1 aromatic heterocycles. The van der Waals surface area contributed by atoms with Gasteiger partial charge in [0.1, 0.15) is 4.88 Å². The van der Waals surface area contributed by atoms with Crippen LogP contribution in [0.4, 0.5) is 5.13 Å². The van der Waals surface area contributed by atoms with Gasteiger partial charge in [0.2, 0.25) is 0 Å². The zero-order chi connectivity index (χ0) is 16.2. The molecule has 0 fully saturated rings. The number of hydrogen-bond donors (Lipinski definition) is 2. The standard InChI is InChI=1S/C14H15N3O3S2/c1-3-9-15-13(18)12-10(2)16-14(21-12)17-22(19,20)11-7-5-4-6-8-11/h3-8H,1,9H2,2H3,(H,15,18)(H,16,17). The Morgan fingerprint density at radius 3 is 2.68 bits per heavy atom. The highest BCUT2D eigenvalue weighted by Crippen LogP contribution is 2.25. The Morgan fingerprint density at radius 1 is 1.36 bits per heavy atom. The van der Waals surface area contributed by atoms with Crippen LogP contribution in [0.25, 0.3) is 0 Å². The predicted molar refractivity (Wildman–Crippen MR) is 86.6 cm³/mol. The van der Waals surface area contributed by atoms with Crippen molar-refractivity contribution in [2.24, 2.45) is 0 Å². The molecule has 6 nitrogen and oxygen atoms in total. The predicted octanol–water partition coefficient (Wildman–Crippen LogP) is 2.17. The number of sulfonamides is 1. The summed E-state index contributed by atoms with van der Waals surface area (Å²) in [5, 5.41) is 2.79. The van der Waals surface area contributed by atoms with Crippen molar-refractivity contribution in [2.75, 3.05) is 11.3 Å². The molecule has 0 radical (unpaired) electrons.